The van der Waals surface area contributed by atoms with Gasteiger partial charge in [-0.05, 0) is 13.0 Å². The standard InChI is InChI=1S/C17H11ClF3NO7/c1-7-12(19)11(18)15(14(21)13(7)20)29-10(16(23)24)6-28-17(25)8-4-2-3-5-9(8)22(26)27/h2-5,10H,6H2,1H3,(H,23,24). The average Bonchev–Trinajstić information content (AvgIpc) is 2.69. The fraction of sp³-hybridized carbons (Fsp3) is 0.176. The molecular formula is C17H11ClF3NO7. The van der Waals surface area contributed by atoms with Crippen molar-refractivity contribution in [2.75, 3.05) is 6.61 Å². The lowest BCUT2D eigenvalue weighted by Crippen LogP contribution is -2.33. The van der Waals surface area contributed by atoms with Crippen molar-refractivity contribution in [3.05, 3.63) is 68.0 Å². The van der Waals surface area contributed by atoms with Gasteiger partial charge in [0.1, 0.15) is 17.2 Å². The number of hydrogen-bond donors (Lipinski definition) is 1. The van der Waals surface area contributed by atoms with Crippen molar-refractivity contribution in [3.8, 4) is 5.75 Å². The summed E-state index contributed by atoms with van der Waals surface area (Å²) in [6.07, 6.45) is -2.12. The molecule has 0 saturated heterocycles. The van der Waals surface area contributed by atoms with Crippen LogP contribution in [0.25, 0.3) is 0 Å². The van der Waals surface area contributed by atoms with E-state index >= 15 is 0 Å². The lowest BCUT2D eigenvalue weighted by Gasteiger charge is -2.18. The average molecular weight is 434 g/mol. The van der Waals surface area contributed by atoms with Crippen molar-refractivity contribution in [1.82, 2.24) is 0 Å². The number of benzene rings is 2. The first-order chi connectivity index (χ1) is 13.6. The Labute approximate surface area is 165 Å². The summed E-state index contributed by atoms with van der Waals surface area (Å²) in [5, 5.41) is 19.1. The van der Waals surface area contributed by atoms with Crippen molar-refractivity contribution < 1.29 is 42.3 Å². The summed E-state index contributed by atoms with van der Waals surface area (Å²) in [5.74, 6) is -8.99. The number of nitro benzene ring substituents is 1. The smallest absolute Gasteiger partial charge is 0.348 e. The van der Waals surface area contributed by atoms with E-state index in [-0.39, 0.29) is 0 Å². The van der Waals surface area contributed by atoms with Crippen LogP contribution in [-0.2, 0) is 9.53 Å². The van der Waals surface area contributed by atoms with E-state index in [0.29, 0.717) is 0 Å². The first-order valence-electron chi connectivity index (χ1n) is 7.68. The Hall–Kier alpha value is -3.34. The highest BCUT2D eigenvalue weighted by Crippen LogP contribution is 2.35. The number of para-hydroxylation sites is 1. The molecule has 0 aliphatic rings. The molecule has 8 nitrogen and oxygen atoms in total. The fourth-order valence-corrected chi connectivity index (χ4v) is 2.43. The van der Waals surface area contributed by atoms with Gasteiger partial charge in [0.05, 0.1) is 4.92 Å². The van der Waals surface area contributed by atoms with E-state index in [2.05, 4.69) is 4.74 Å². The van der Waals surface area contributed by atoms with Crippen LogP contribution in [0.1, 0.15) is 15.9 Å². The zero-order valence-electron chi connectivity index (χ0n) is 14.4. The molecule has 0 heterocycles. The number of hydrogen-bond acceptors (Lipinski definition) is 6. The molecule has 0 aromatic heterocycles. The summed E-state index contributed by atoms with van der Waals surface area (Å²) in [7, 11) is 0. The molecule has 1 N–H and O–H groups in total. The molecule has 0 saturated carbocycles. The molecule has 1 atom stereocenters. The van der Waals surface area contributed by atoms with E-state index in [1.54, 1.807) is 0 Å². The van der Waals surface area contributed by atoms with E-state index in [4.69, 9.17) is 21.4 Å². The SMILES string of the molecule is Cc1c(F)c(F)c(OC(COC(=O)c2ccccc2[N+](=O)[O-])C(=O)O)c(Cl)c1F. The summed E-state index contributed by atoms with van der Waals surface area (Å²) in [6, 6.07) is 4.69. The normalized spacial score (nSPS) is 11.6. The van der Waals surface area contributed by atoms with E-state index in [1.165, 1.54) is 12.1 Å². The number of aliphatic carboxylic acids is 1. The van der Waals surface area contributed by atoms with Gasteiger partial charge < -0.3 is 14.6 Å². The molecule has 0 aliphatic heterocycles. The number of carbonyl (C=O) groups is 2. The summed E-state index contributed by atoms with van der Waals surface area (Å²) < 4.78 is 50.9. The van der Waals surface area contributed by atoms with Crippen molar-refractivity contribution >= 4 is 29.2 Å². The molecule has 0 radical (unpaired) electrons. The van der Waals surface area contributed by atoms with Crippen LogP contribution in [-0.4, -0.2) is 34.7 Å². The summed E-state index contributed by atoms with van der Waals surface area (Å²) in [5.41, 5.74) is -1.81. The molecule has 1 unspecified atom stereocenters. The third-order valence-electron chi connectivity index (χ3n) is 3.66. The number of nitrogens with zero attached hydrogens (tertiary/aromatic N) is 1. The Morgan fingerprint density at radius 3 is 2.41 bits per heavy atom. The predicted molar refractivity (Wildman–Crippen MR) is 91.5 cm³/mol. The van der Waals surface area contributed by atoms with Crippen molar-refractivity contribution in [1.29, 1.82) is 0 Å². The largest absolute Gasteiger partial charge is 0.478 e. The van der Waals surface area contributed by atoms with Crippen molar-refractivity contribution in [2.45, 2.75) is 13.0 Å². The number of carbonyl (C=O) groups excluding carboxylic acids is 1. The Morgan fingerprint density at radius 1 is 1.21 bits per heavy atom. The van der Waals surface area contributed by atoms with Crippen molar-refractivity contribution in [2.24, 2.45) is 0 Å². The van der Waals surface area contributed by atoms with E-state index < -0.39 is 74.6 Å². The molecule has 154 valence electrons. The molecule has 2 aromatic carbocycles. The van der Waals surface area contributed by atoms with Gasteiger partial charge >= 0.3 is 11.9 Å². The van der Waals surface area contributed by atoms with Gasteiger partial charge in [0.25, 0.3) is 5.69 Å². The molecule has 12 heteroatoms. The maximum absolute atomic E-state index is 14.0. The highest BCUT2D eigenvalue weighted by atomic mass is 35.5. The Morgan fingerprint density at radius 2 is 1.83 bits per heavy atom. The van der Waals surface area contributed by atoms with Crippen LogP contribution in [0.3, 0.4) is 0 Å². The second kappa shape index (κ2) is 8.78. The van der Waals surface area contributed by atoms with Crippen LogP contribution in [0.4, 0.5) is 18.9 Å². The summed E-state index contributed by atoms with van der Waals surface area (Å²) >= 11 is 5.56. The van der Waals surface area contributed by atoms with E-state index in [9.17, 15) is 32.9 Å². The zero-order valence-corrected chi connectivity index (χ0v) is 15.2. The number of halogens is 4. The van der Waals surface area contributed by atoms with Crippen LogP contribution >= 0.6 is 11.6 Å². The quantitative estimate of drug-likeness (QED) is 0.306. The zero-order chi connectivity index (χ0) is 21.9. The number of carboxylic acid groups (broad SMARTS) is 1. The molecule has 2 rings (SSSR count). The molecule has 0 aliphatic carbocycles. The maximum atomic E-state index is 14.0. The number of nitro groups is 1. The minimum atomic E-state index is -2.12. The van der Waals surface area contributed by atoms with Gasteiger partial charge in [-0.1, -0.05) is 23.7 Å². The van der Waals surface area contributed by atoms with E-state index in [1.807, 2.05) is 0 Å². The fourth-order valence-electron chi connectivity index (χ4n) is 2.16. The number of carboxylic acids is 1. The monoisotopic (exact) mass is 433 g/mol. The van der Waals surface area contributed by atoms with Crippen LogP contribution in [0, 0.1) is 34.5 Å². The van der Waals surface area contributed by atoms with Crippen LogP contribution < -0.4 is 4.74 Å². The molecule has 2 aromatic rings. The van der Waals surface area contributed by atoms with Gasteiger partial charge in [0.2, 0.25) is 11.9 Å². The van der Waals surface area contributed by atoms with Crippen LogP contribution in [0.2, 0.25) is 5.02 Å². The first kappa shape index (κ1) is 22.0. The minimum absolute atomic E-state index is 0.474. The van der Waals surface area contributed by atoms with Gasteiger partial charge in [-0.25, -0.2) is 18.4 Å². The summed E-state index contributed by atoms with van der Waals surface area (Å²) in [4.78, 5) is 33.4. The topological polar surface area (TPSA) is 116 Å². The van der Waals surface area contributed by atoms with E-state index in [0.717, 1.165) is 19.1 Å². The second-order valence-corrected chi connectivity index (χ2v) is 5.91. The Balaban J connectivity index is 2.25. The molecule has 29 heavy (non-hydrogen) atoms. The lowest BCUT2D eigenvalue weighted by atomic mass is 10.2. The van der Waals surface area contributed by atoms with Gasteiger partial charge in [-0.15, -0.1) is 0 Å². The molecule has 0 fully saturated rings. The lowest BCUT2D eigenvalue weighted by molar-refractivity contribution is -0.385. The number of ether oxygens (including phenoxy) is 2. The third kappa shape index (κ3) is 4.57. The Kier molecular flexibility index (Phi) is 6.64. The molecule has 0 bridgehead atoms. The molecule has 0 amide bonds. The highest BCUT2D eigenvalue weighted by molar-refractivity contribution is 6.32. The van der Waals surface area contributed by atoms with Gasteiger partial charge in [0, 0.05) is 11.6 Å². The minimum Gasteiger partial charge on any atom is -0.478 e. The van der Waals surface area contributed by atoms with Crippen molar-refractivity contribution in [3.63, 3.8) is 0 Å². The number of rotatable bonds is 7. The first-order valence-corrected chi connectivity index (χ1v) is 8.06. The predicted octanol–water partition coefficient (Wildman–Crippen LogP) is 3.66. The Bertz CT molecular complexity index is 970. The molecular weight excluding hydrogens is 423 g/mol. The van der Waals surface area contributed by atoms with Gasteiger partial charge in [-0.2, -0.15) is 4.39 Å². The maximum Gasteiger partial charge on any atom is 0.348 e. The van der Waals surface area contributed by atoms with Gasteiger partial charge in [-0.3, -0.25) is 10.1 Å². The van der Waals surface area contributed by atoms with Crippen LogP contribution in [0.15, 0.2) is 24.3 Å². The van der Waals surface area contributed by atoms with Gasteiger partial charge in [0.15, 0.2) is 17.4 Å². The number of esters is 1. The molecule has 0 spiro atoms. The highest BCUT2D eigenvalue weighted by Gasteiger charge is 2.30. The van der Waals surface area contributed by atoms with Crippen LogP contribution in [0.5, 0.6) is 5.75 Å². The second-order valence-electron chi connectivity index (χ2n) is 5.53. The summed E-state index contributed by atoms with van der Waals surface area (Å²) in [6.45, 7) is -0.153. The third-order valence-corrected chi connectivity index (χ3v) is 4.00.